The van der Waals surface area contributed by atoms with Crippen molar-refractivity contribution in [1.29, 1.82) is 0 Å². The van der Waals surface area contributed by atoms with Gasteiger partial charge in [-0.25, -0.2) is 0 Å². The first-order valence-corrected chi connectivity index (χ1v) is 8.87. The number of methoxy groups -OCH3 is 2. The molecule has 0 spiro atoms. The number of nitrogens with two attached hydrogens (primary N) is 1. The molecule has 1 aromatic carbocycles. The lowest BCUT2D eigenvalue weighted by molar-refractivity contribution is 0.289. The van der Waals surface area contributed by atoms with Gasteiger partial charge in [-0.2, -0.15) is 0 Å². The summed E-state index contributed by atoms with van der Waals surface area (Å²) in [5.41, 5.74) is 7.16. The summed E-state index contributed by atoms with van der Waals surface area (Å²) in [6, 6.07) is 5.97. The van der Waals surface area contributed by atoms with Gasteiger partial charge in [0.25, 0.3) is 0 Å². The van der Waals surface area contributed by atoms with Crippen molar-refractivity contribution in [3.63, 3.8) is 0 Å². The molecule has 1 aliphatic carbocycles. The van der Waals surface area contributed by atoms with Crippen molar-refractivity contribution < 1.29 is 9.47 Å². The quantitative estimate of drug-likeness (QED) is 0.370. The summed E-state index contributed by atoms with van der Waals surface area (Å²) in [4.78, 5) is 4.51. The van der Waals surface area contributed by atoms with Gasteiger partial charge in [0.05, 0.1) is 14.2 Å². The van der Waals surface area contributed by atoms with Crippen LogP contribution < -0.4 is 20.5 Å². The maximum Gasteiger partial charge on any atom is 0.188 e. The average Bonchev–Trinajstić information content (AvgIpc) is 2.60. The summed E-state index contributed by atoms with van der Waals surface area (Å²) in [6.45, 7) is 3.94. The smallest absolute Gasteiger partial charge is 0.188 e. The van der Waals surface area contributed by atoms with Crippen LogP contribution in [0.3, 0.4) is 0 Å². The predicted octanol–water partition coefficient (Wildman–Crippen LogP) is 3.59. The summed E-state index contributed by atoms with van der Waals surface area (Å²) >= 11 is 0. The molecule has 0 bridgehead atoms. The normalized spacial score (nSPS) is 20.5. The number of guanidine groups is 1. The number of hydrogen-bond donors (Lipinski definition) is 2. The van der Waals surface area contributed by atoms with Crippen LogP contribution in [-0.4, -0.2) is 33.3 Å². The molecule has 1 saturated carbocycles. The monoisotopic (exact) mass is 461 g/mol. The van der Waals surface area contributed by atoms with Crippen LogP contribution in [-0.2, 0) is 6.42 Å². The molecule has 3 N–H and O–H groups in total. The van der Waals surface area contributed by atoms with Crippen molar-refractivity contribution in [2.75, 3.05) is 27.3 Å². The van der Waals surface area contributed by atoms with Crippen LogP contribution in [0.5, 0.6) is 11.5 Å². The highest BCUT2D eigenvalue weighted by atomic mass is 127. The van der Waals surface area contributed by atoms with Crippen molar-refractivity contribution in [3.8, 4) is 11.5 Å². The highest BCUT2D eigenvalue weighted by molar-refractivity contribution is 14.0. The lowest BCUT2D eigenvalue weighted by Gasteiger charge is -2.25. The van der Waals surface area contributed by atoms with E-state index in [1.807, 2.05) is 18.2 Å². The molecule has 25 heavy (non-hydrogen) atoms. The number of benzene rings is 1. The maximum absolute atomic E-state index is 5.99. The number of rotatable bonds is 7. The molecule has 1 aliphatic rings. The van der Waals surface area contributed by atoms with E-state index < -0.39 is 0 Å². The fraction of sp³-hybridized carbons (Fsp3) is 0.632. The molecule has 142 valence electrons. The Morgan fingerprint density at radius 1 is 1.24 bits per heavy atom. The second-order valence-corrected chi connectivity index (χ2v) is 6.73. The lowest BCUT2D eigenvalue weighted by Crippen LogP contribution is -2.34. The van der Waals surface area contributed by atoms with Gasteiger partial charge in [-0.1, -0.05) is 25.8 Å². The molecule has 6 heteroatoms. The molecule has 0 amide bonds. The number of halogens is 1. The minimum Gasteiger partial charge on any atom is -0.493 e. The van der Waals surface area contributed by atoms with Crippen molar-refractivity contribution in [2.45, 2.75) is 39.0 Å². The van der Waals surface area contributed by atoms with E-state index in [0.29, 0.717) is 11.9 Å². The first-order valence-electron chi connectivity index (χ1n) is 8.87. The van der Waals surface area contributed by atoms with E-state index in [2.05, 4.69) is 17.2 Å². The van der Waals surface area contributed by atoms with Crippen LogP contribution >= 0.6 is 24.0 Å². The summed E-state index contributed by atoms with van der Waals surface area (Å²) in [6.07, 6.45) is 6.11. The van der Waals surface area contributed by atoms with Crippen molar-refractivity contribution in [3.05, 3.63) is 23.8 Å². The molecule has 1 fully saturated rings. The standard InChI is InChI=1S/C19H31N3O2.HI/c1-14-5-4-6-16(11-14)13-22-19(20)21-10-9-15-7-8-17(23-2)18(12-15)24-3;/h7-8,12,14,16H,4-6,9-11,13H2,1-3H3,(H3,20,21,22);1H. The number of ether oxygens (including phenoxy) is 2. The largest absolute Gasteiger partial charge is 0.493 e. The predicted molar refractivity (Wildman–Crippen MR) is 114 cm³/mol. The zero-order valence-corrected chi connectivity index (χ0v) is 17.9. The first-order chi connectivity index (χ1) is 11.6. The Hall–Kier alpha value is -1.18. The number of nitrogens with zero attached hydrogens (tertiary/aromatic N) is 1. The third-order valence-corrected chi connectivity index (χ3v) is 4.73. The van der Waals surface area contributed by atoms with E-state index in [4.69, 9.17) is 15.2 Å². The molecule has 1 aromatic rings. The Labute approximate surface area is 168 Å². The molecule has 2 atom stereocenters. The summed E-state index contributed by atoms with van der Waals surface area (Å²) < 4.78 is 10.6. The molecular formula is C19H32IN3O2. The highest BCUT2D eigenvalue weighted by Crippen LogP contribution is 2.29. The van der Waals surface area contributed by atoms with Crippen LogP contribution in [0.4, 0.5) is 0 Å². The van der Waals surface area contributed by atoms with Gasteiger partial charge in [0, 0.05) is 13.1 Å². The molecule has 0 aromatic heterocycles. The van der Waals surface area contributed by atoms with E-state index in [1.54, 1.807) is 14.2 Å². The van der Waals surface area contributed by atoms with E-state index in [9.17, 15) is 0 Å². The van der Waals surface area contributed by atoms with Gasteiger partial charge < -0.3 is 20.5 Å². The van der Waals surface area contributed by atoms with Crippen LogP contribution in [0.25, 0.3) is 0 Å². The third-order valence-electron chi connectivity index (χ3n) is 4.73. The highest BCUT2D eigenvalue weighted by Gasteiger charge is 2.18. The van der Waals surface area contributed by atoms with E-state index in [-0.39, 0.29) is 24.0 Å². The minimum atomic E-state index is 0. The first kappa shape index (κ1) is 21.9. The molecule has 0 heterocycles. The zero-order valence-electron chi connectivity index (χ0n) is 15.6. The zero-order chi connectivity index (χ0) is 17.4. The van der Waals surface area contributed by atoms with E-state index in [0.717, 1.165) is 36.9 Å². The van der Waals surface area contributed by atoms with Gasteiger partial charge in [0.2, 0.25) is 0 Å². The second kappa shape index (κ2) is 11.4. The van der Waals surface area contributed by atoms with Gasteiger partial charge in [-0.15, -0.1) is 24.0 Å². The minimum absolute atomic E-state index is 0. The van der Waals surface area contributed by atoms with Gasteiger partial charge in [-0.05, 0) is 48.8 Å². The molecule has 5 nitrogen and oxygen atoms in total. The number of aliphatic imine (C=N–C) groups is 1. The fourth-order valence-corrected chi connectivity index (χ4v) is 3.38. The van der Waals surface area contributed by atoms with Crippen LogP contribution in [0, 0.1) is 11.8 Å². The Kier molecular flexibility index (Phi) is 10.0. The van der Waals surface area contributed by atoms with E-state index in [1.165, 1.54) is 31.2 Å². The lowest BCUT2D eigenvalue weighted by atomic mass is 9.82. The van der Waals surface area contributed by atoms with Crippen LogP contribution in [0.2, 0.25) is 0 Å². The SMILES string of the molecule is COc1ccc(CCNC(N)=NCC2CCCC(C)C2)cc1OC.I. The molecule has 2 unspecified atom stereocenters. The molecule has 0 aliphatic heterocycles. The summed E-state index contributed by atoms with van der Waals surface area (Å²) in [5, 5.41) is 3.20. The average molecular weight is 461 g/mol. The van der Waals surface area contributed by atoms with Gasteiger partial charge in [-0.3, -0.25) is 4.99 Å². The Morgan fingerprint density at radius 3 is 2.68 bits per heavy atom. The van der Waals surface area contributed by atoms with Crippen LogP contribution in [0.1, 0.15) is 38.2 Å². The Bertz CT molecular complexity index is 551. The summed E-state index contributed by atoms with van der Waals surface area (Å²) in [7, 11) is 3.29. The molecular weight excluding hydrogens is 429 g/mol. The fourth-order valence-electron chi connectivity index (χ4n) is 3.38. The number of nitrogens with one attached hydrogen (secondary N) is 1. The van der Waals surface area contributed by atoms with Gasteiger partial charge in [0.1, 0.15) is 0 Å². The number of hydrogen-bond acceptors (Lipinski definition) is 3. The van der Waals surface area contributed by atoms with E-state index >= 15 is 0 Å². The Morgan fingerprint density at radius 2 is 2.00 bits per heavy atom. The van der Waals surface area contributed by atoms with Crippen molar-refractivity contribution in [2.24, 2.45) is 22.6 Å². The Balaban J connectivity index is 0.00000312. The molecule has 0 saturated heterocycles. The molecule has 2 rings (SSSR count). The summed E-state index contributed by atoms with van der Waals surface area (Å²) in [5.74, 6) is 3.58. The van der Waals surface area contributed by atoms with Crippen molar-refractivity contribution in [1.82, 2.24) is 5.32 Å². The van der Waals surface area contributed by atoms with Gasteiger partial charge in [0.15, 0.2) is 17.5 Å². The van der Waals surface area contributed by atoms with Crippen molar-refractivity contribution >= 4 is 29.9 Å². The topological polar surface area (TPSA) is 68.9 Å². The molecule has 0 radical (unpaired) electrons. The third kappa shape index (κ3) is 7.30. The maximum atomic E-state index is 5.99. The second-order valence-electron chi connectivity index (χ2n) is 6.73. The van der Waals surface area contributed by atoms with Crippen LogP contribution in [0.15, 0.2) is 23.2 Å². The van der Waals surface area contributed by atoms with Gasteiger partial charge >= 0.3 is 0 Å².